The Morgan fingerprint density at radius 2 is 1.94 bits per heavy atom. The smallest absolute Gasteiger partial charge is 0.221 e. The number of rotatable bonds is 3. The van der Waals surface area contributed by atoms with Gasteiger partial charge < -0.3 is 4.74 Å². The molecule has 2 rings (SSSR count). The fourth-order valence-corrected chi connectivity index (χ4v) is 1.69. The van der Waals surface area contributed by atoms with E-state index in [1.165, 1.54) is 12.1 Å². The Morgan fingerprint density at radius 3 is 2.53 bits per heavy atom. The van der Waals surface area contributed by atoms with Crippen LogP contribution in [0.2, 0.25) is 0 Å². The van der Waals surface area contributed by atoms with Gasteiger partial charge in [-0.2, -0.15) is 0 Å². The van der Waals surface area contributed by atoms with Crippen LogP contribution in [0.4, 0.5) is 4.39 Å². The number of ether oxygens (including phenoxy) is 1. The molecule has 17 heavy (non-hydrogen) atoms. The van der Waals surface area contributed by atoms with E-state index in [0.29, 0.717) is 5.88 Å². The van der Waals surface area contributed by atoms with Gasteiger partial charge in [0.05, 0.1) is 7.11 Å². The number of halogens is 1. The van der Waals surface area contributed by atoms with Crippen LogP contribution in [0.5, 0.6) is 5.88 Å². The van der Waals surface area contributed by atoms with E-state index in [-0.39, 0.29) is 5.82 Å². The van der Waals surface area contributed by atoms with Crippen molar-refractivity contribution in [3.63, 3.8) is 0 Å². The fraction of sp³-hybridized carbons (Fsp3) is 0.214. The molecule has 0 N–H and O–H groups in total. The van der Waals surface area contributed by atoms with Gasteiger partial charge in [-0.1, -0.05) is 19.1 Å². The lowest BCUT2D eigenvalue weighted by Gasteiger charge is -2.09. The molecule has 0 aliphatic rings. The van der Waals surface area contributed by atoms with E-state index in [1.807, 2.05) is 6.07 Å². The number of aryl methyl sites for hydroxylation is 1. The van der Waals surface area contributed by atoms with E-state index in [0.717, 1.165) is 23.1 Å². The minimum atomic E-state index is -0.243. The molecular formula is C14H14FNO. The number of methoxy groups -OCH3 is 1. The number of benzene rings is 1. The number of aromatic nitrogens is 1. The van der Waals surface area contributed by atoms with E-state index < -0.39 is 0 Å². The van der Waals surface area contributed by atoms with Crippen LogP contribution < -0.4 is 4.74 Å². The zero-order valence-corrected chi connectivity index (χ0v) is 9.90. The highest BCUT2D eigenvalue weighted by atomic mass is 19.1. The minimum Gasteiger partial charge on any atom is -0.481 e. The molecule has 0 aliphatic carbocycles. The first-order chi connectivity index (χ1) is 8.24. The third-order valence-corrected chi connectivity index (χ3v) is 2.66. The lowest BCUT2D eigenvalue weighted by Crippen LogP contribution is -1.94. The zero-order chi connectivity index (χ0) is 12.3. The average Bonchev–Trinajstić information content (AvgIpc) is 2.39. The molecule has 0 spiro atoms. The van der Waals surface area contributed by atoms with Crippen molar-refractivity contribution in [1.82, 2.24) is 4.98 Å². The van der Waals surface area contributed by atoms with Gasteiger partial charge in [-0.3, -0.25) is 0 Å². The molecule has 0 radical (unpaired) electrons. The van der Waals surface area contributed by atoms with E-state index in [2.05, 4.69) is 11.9 Å². The molecule has 0 fully saturated rings. The van der Waals surface area contributed by atoms with Crippen molar-refractivity contribution >= 4 is 0 Å². The lowest BCUT2D eigenvalue weighted by atomic mass is 10.0. The highest BCUT2D eigenvalue weighted by Gasteiger charge is 2.08. The second-order valence-corrected chi connectivity index (χ2v) is 3.76. The molecule has 2 nitrogen and oxygen atoms in total. The second-order valence-electron chi connectivity index (χ2n) is 3.76. The lowest BCUT2D eigenvalue weighted by molar-refractivity contribution is 0.399. The highest BCUT2D eigenvalue weighted by molar-refractivity contribution is 5.69. The first kappa shape index (κ1) is 11.6. The average molecular weight is 231 g/mol. The Balaban J connectivity index is 2.51. The summed E-state index contributed by atoms with van der Waals surface area (Å²) >= 11 is 0. The van der Waals surface area contributed by atoms with Gasteiger partial charge >= 0.3 is 0 Å². The van der Waals surface area contributed by atoms with Crippen molar-refractivity contribution in [1.29, 1.82) is 0 Å². The van der Waals surface area contributed by atoms with Crippen LogP contribution in [-0.4, -0.2) is 12.1 Å². The normalized spacial score (nSPS) is 10.3. The summed E-state index contributed by atoms with van der Waals surface area (Å²) in [5.74, 6) is 0.320. The summed E-state index contributed by atoms with van der Waals surface area (Å²) in [6.07, 6.45) is 2.71. The topological polar surface area (TPSA) is 22.1 Å². The molecule has 0 aliphatic heterocycles. The number of nitrogens with zero attached hydrogens (tertiary/aromatic N) is 1. The monoisotopic (exact) mass is 231 g/mol. The molecule has 0 bridgehead atoms. The number of hydrogen-bond acceptors (Lipinski definition) is 2. The molecule has 1 heterocycles. The van der Waals surface area contributed by atoms with Crippen molar-refractivity contribution in [2.75, 3.05) is 7.11 Å². The van der Waals surface area contributed by atoms with Crippen LogP contribution in [-0.2, 0) is 6.42 Å². The second kappa shape index (κ2) is 4.95. The maximum Gasteiger partial charge on any atom is 0.221 e. The van der Waals surface area contributed by atoms with Crippen LogP contribution in [0.25, 0.3) is 11.1 Å². The molecule has 2 aromatic rings. The molecule has 3 heteroatoms. The van der Waals surface area contributed by atoms with Gasteiger partial charge in [0.1, 0.15) is 5.82 Å². The minimum absolute atomic E-state index is 0.243. The quantitative estimate of drug-likeness (QED) is 0.807. The van der Waals surface area contributed by atoms with E-state index in [1.54, 1.807) is 25.4 Å². The maximum absolute atomic E-state index is 12.9. The fourth-order valence-electron chi connectivity index (χ4n) is 1.69. The predicted molar refractivity (Wildman–Crippen MR) is 65.6 cm³/mol. The Labute approximate surface area is 100 Å². The third-order valence-electron chi connectivity index (χ3n) is 2.66. The van der Waals surface area contributed by atoms with Crippen molar-refractivity contribution in [3.8, 4) is 17.0 Å². The summed E-state index contributed by atoms with van der Waals surface area (Å²) in [6, 6.07) is 8.36. The van der Waals surface area contributed by atoms with Crippen LogP contribution in [0.1, 0.15) is 12.5 Å². The van der Waals surface area contributed by atoms with Crippen molar-refractivity contribution in [2.24, 2.45) is 0 Å². The molecule has 0 saturated heterocycles. The maximum atomic E-state index is 12.9. The summed E-state index contributed by atoms with van der Waals surface area (Å²) in [6.45, 7) is 2.07. The number of hydrogen-bond donors (Lipinski definition) is 0. The standard InChI is InChI=1S/C14H14FNO/c1-3-10-8-13(14(17-2)16-9-10)11-4-6-12(15)7-5-11/h4-9H,3H2,1-2H3. The van der Waals surface area contributed by atoms with E-state index in [9.17, 15) is 4.39 Å². The first-order valence-electron chi connectivity index (χ1n) is 5.53. The largest absolute Gasteiger partial charge is 0.481 e. The Bertz CT molecular complexity index is 508. The van der Waals surface area contributed by atoms with Crippen molar-refractivity contribution in [2.45, 2.75) is 13.3 Å². The van der Waals surface area contributed by atoms with Crippen molar-refractivity contribution in [3.05, 3.63) is 47.9 Å². The molecule has 1 aromatic heterocycles. The Morgan fingerprint density at radius 1 is 1.24 bits per heavy atom. The highest BCUT2D eigenvalue weighted by Crippen LogP contribution is 2.28. The summed E-state index contributed by atoms with van der Waals surface area (Å²) in [7, 11) is 1.58. The van der Waals surface area contributed by atoms with Gasteiger partial charge in [-0.15, -0.1) is 0 Å². The summed E-state index contributed by atoms with van der Waals surface area (Å²) < 4.78 is 18.1. The molecule has 0 amide bonds. The van der Waals surface area contributed by atoms with Gasteiger partial charge in [-0.05, 0) is 35.7 Å². The molecule has 88 valence electrons. The molecular weight excluding hydrogens is 217 g/mol. The van der Waals surface area contributed by atoms with Crippen LogP contribution in [0.3, 0.4) is 0 Å². The molecule has 0 atom stereocenters. The molecule has 0 saturated carbocycles. The summed E-state index contributed by atoms with van der Waals surface area (Å²) in [4.78, 5) is 4.25. The first-order valence-corrected chi connectivity index (χ1v) is 5.53. The van der Waals surface area contributed by atoms with Gasteiger partial charge in [0.25, 0.3) is 0 Å². The van der Waals surface area contributed by atoms with Crippen LogP contribution in [0, 0.1) is 5.82 Å². The zero-order valence-electron chi connectivity index (χ0n) is 9.90. The SMILES string of the molecule is CCc1cnc(OC)c(-c2ccc(F)cc2)c1. The Hall–Kier alpha value is -1.90. The van der Waals surface area contributed by atoms with E-state index >= 15 is 0 Å². The third kappa shape index (κ3) is 2.44. The molecule has 0 unspecified atom stereocenters. The summed E-state index contributed by atoms with van der Waals surface area (Å²) in [5.41, 5.74) is 2.93. The number of pyridine rings is 1. The van der Waals surface area contributed by atoms with Gasteiger partial charge in [0.15, 0.2) is 0 Å². The predicted octanol–water partition coefficient (Wildman–Crippen LogP) is 3.46. The van der Waals surface area contributed by atoms with Gasteiger partial charge in [-0.25, -0.2) is 9.37 Å². The van der Waals surface area contributed by atoms with Crippen LogP contribution in [0.15, 0.2) is 36.5 Å². The van der Waals surface area contributed by atoms with Gasteiger partial charge in [0, 0.05) is 11.8 Å². The molecule has 1 aromatic carbocycles. The Kier molecular flexibility index (Phi) is 3.38. The summed E-state index contributed by atoms with van der Waals surface area (Å²) in [5, 5.41) is 0. The van der Waals surface area contributed by atoms with E-state index in [4.69, 9.17) is 4.74 Å². The van der Waals surface area contributed by atoms with Crippen LogP contribution >= 0.6 is 0 Å². The van der Waals surface area contributed by atoms with Crippen molar-refractivity contribution < 1.29 is 9.13 Å². The van der Waals surface area contributed by atoms with Gasteiger partial charge in [0.2, 0.25) is 5.88 Å².